The van der Waals surface area contributed by atoms with E-state index in [4.69, 9.17) is 9.47 Å². The van der Waals surface area contributed by atoms with Crippen molar-refractivity contribution < 1.29 is 37.3 Å². The first-order valence-electron chi connectivity index (χ1n) is 15.8. The molecule has 4 fully saturated rings. The number of aliphatic carboxylic acids is 1. The SMILES string of the molecule is COC[C@@H]1C[C@@H](c2ccc(C(F)(F)F)cc2N2CCC(C(=O)O)CC2)CN1C(=O)[C@@]1(OC)CCN(C2CCCCCC2)C1. The normalized spacial score (nSPS) is 28.4. The van der Waals surface area contributed by atoms with Gasteiger partial charge in [0.15, 0.2) is 5.60 Å². The maximum atomic E-state index is 14.3. The van der Waals surface area contributed by atoms with Gasteiger partial charge in [-0.1, -0.05) is 31.7 Å². The number of alkyl halides is 3. The molecule has 11 heteroatoms. The fourth-order valence-corrected chi connectivity index (χ4v) is 7.88. The van der Waals surface area contributed by atoms with E-state index in [1.54, 1.807) is 20.3 Å². The number of nitrogens with zero attached hydrogens (tertiary/aromatic N) is 3. The van der Waals surface area contributed by atoms with E-state index in [2.05, 4.69) is 4.90 Å². The zero-order valence-electron chi connectivity index (χ0n) is 25.4. The second kappa shape index (κ2) is 13.3. The van der Waals surface area contributed by atoms with Crippen LogP contribution in [0.2, 0.25) is 0 Å². The summed E-state index contributed by atoms with van der Waals surface area (Å²) < 4.78 is 53.0. The van der Waals surface area contributed by atoms with Crippen molar-refractivity contribution in [2.75, 3.05) is 58.5 Å². The first kappa shape index (κ1) is 32.0. The Balaban J connectivity index is 1.39. The van der Waals surface area contributed by atoms with Crippen molar-refractivity contribution in [3.8, 4) is 0 Å². The zero-order chi connectivity index (χ0) is 30.8. The average Bonchev–Trinajstić information content (AvgIpc) is 3.53. The Morgan fingerprint density at radius 2 is 1.72 bits per heavy atom. The zero-order valence-corrected chi connectivity index (χ0v) is 25.4. The minimum Gasteiger partial charge on any atom is -0.481 e. The number of methoxy groups -OCH3 is 2. The molecule has 3 aliphatic heterocycles. The Kier molecular flexibility index (Phi) is 9.92. The monoisotopic (exact) mass is 609 g/mol. The van der Waals surface area contributed by atoms with Gasteiger partial charge in [0.2, 0.25) is 0 Å². The number of rotatable bonds is 8. The van der Waals surface area contributed by atoms with E-state index in [1.807, 2.05) is 9.80 Å². The number of likely N-dealkylation sites (tertiary alicyclic amines) is 2. The lowest BCUT2D eigenvalue weighted by Gasteiger charge is -2.36. The van der Waals surface area contributed by atoms with Gasteiger partial charge in [-0.25, -0.2) is 0 Å². The number of carboxylic acid groups (broad SMARTS) is 1. The quantitative estimate of drug-likeness (QED) is 0.409. The lowest BCUT2D eigenvalue weighted by Crippen LogP contribution is -2.54. The molecule has 4 aliphatic rings. The highest BCUT2D eigenvalue weighted by Crippen LogP contribution is 2.43. The van der Waals surface area contributed by atoms with Gasteiger partial charge in [-0.2, -0.15) is 13.2 Å². The molecule has 8 nitrogen and oxygen atoms in total. The highest BCUT2D eigenvalue weighted by Gasteiger charge is 2.51. The fraction of sp³-hybridized carbons (Fsp3) is 0.750. The summed E-state index contributed by atoms with van der Waals surface area (Å²) in [5.74, 6) is -1.61. The molecule has 1 aromatic rings. The standard InChI is InChI=1S/C32H46F3N3O5/c1-42-20-26-17-23(19-38(26)30(41)31(43-2)13-16-37(21-31)25-7-5-3-4-6-8-25)27-10-9-24(32(33,34)35)18-28(27)36-14-11-22(12-15-36)29(39)40/h9-10,18,22-23,25-26H,3-8,11-17,19-21H2,1-2H3,(H,39,40)/t23-,26+,31-/m1/s1. The number of benzene rings is 1. The summed E-state index contributed by atoms with van der Waals surface area (Å²) in [7, 11) is 3.21. The van der Waals surface area contributed by atoms with Crippen LogP contribution in [0, 0.1) is 5.92 Å². The number of carboxylic acids is 1. The molecule has 43 heavy (non-hydrogen) atoms. The van der Waals surface area contributed by atoms with E-state index in [-0.39, 0.29) is 17.9 Å². The van der Waals surface area contributed by atoms with Gasteiger partial charge in [-0.3, -0.25) is 14.5 Å². The molecule has 3 heterocycles. The molecule has 240 valence electrons. The highest BCUT2D eigenvalue weighted by atomic mass is 19.4. The molecule has 0 radical (unpaired) electrons. The van der Waals surface area contributed by atoms with Crippen LogP contribution >= 0.6 is 0 Å². The predicted molar refractivity (Wildman–Crippen MR) is 156 cm³/mol. The molecule has 3 saturated heterocycles. The fourth-order valence-electron chi connectivity index (χ4n) is 7.88. The Morgan fingerprint density at radius 1 is 1.02 bits per heavy atom. The number of carbonyl (C=O) groups is 2. The summed E-state index contributed by atoms with van der Waals surface area (Å²) in [5.41, 5.74) is -0.435. The van der Waals surface area contributed by atoms with Crippen LogP contribution in [0.4, 0.5) is 18.9 Å². The Hall–Kier alpha value is -2.37. The second-order valence-corrected chi connectivity index (χ2v) is 12.9. The molecule has 0 bridgehead atoms. The number of hydrogen-bond acceptors (Lipinski definition) is 6. The first-order chi connectivity index (χ1) is 20.6. The number of halogens is 3. The summed E-state index contributed by atoms with van der Waals surface area (Å²) in [6.07, 6.45) is 4.66. The lowest BCUT2D eigenvalue weighted by atomic mass is 9.91. The molecule has 0 spiro atoms. The van der Waals surface area contributed by atoms with Gasteiger partial charge in [-0.15, -0.1) is 0 Å². The van der Waals surface area contributed by atoms with Crippen molar-refractivity contribution in [3.63, 3.8) is 0 Å². The van der Waals surface area contributed by atoms with Gasteiger partial charge in [-0.05, 0) is 56.2 Å². The smallest absolute Gasteiger partial charge is 0.416 e. The highest BCUT2D eigenvalue weighted by molar-refractivity contribution is 5.87. The van der Waals surface area contributed by atoms with Crippen molar-refractivity contribution in [2.45, 2.75) is 94.0 Å². The van der Waals surface area contributed by atoms with E-state index >= 15 is 0 Å². The molecule has 1 N–H and O–H groups in total. The summed E-state index contributed by atoms with van der Waals surface area (Å²) >= 11 is 0. The molecule has 0 unspecified atom stereocenters. The summed E-state index contributed by atoms with van der Waals surface area (Å²) in [6, 6.07) is 4.11. The van der Waals surface area contributed by atoms with E-state index in [1.165, 1.54) is 31.7 Å². The van der Waals surface area contributed by atoms with Crippen LogP contribution in [0.5, 0.6) is 0 Å². The van der Waals surface area contributed by atoms with Gasteiger partial charge >= 0.3 is 12.1 Å². The van der Waals surface area contributed by atoms with E-state index in [0.29, 0.717) is 70.2 Å². The Bertz CT molecular complexity index is 1130. The van der Waals surface area contributed by atoms with E-state index in [0.717, 1.165) is 31.0 Å². The number of anilines is 1. The van der Waals surface area contributed by atoms with Crippen LogP contribution in [0.1, 0.15) is 81.3 Å². The van der Waals surface area contributed by atoms with Crippen molar-refractivity contribution in [1.29, 1.82) is 0 Å². The summed E-state index contributed by atoms with van der Waals surface area (Å²) in [4.78, 5) is 32.0. The van der Waals surface area contributed by atoms with Gasteiger partial charge in [0.05, 0.1) is 24.1 Å². The van der Waals surface area contributed by atoms with Crippen LogP contribution in [0.25, 0.3) is 0 Å². The summed E-state index contributed by atoms with van der Waals surface area (Å²) in [5, 5.41) is 9.44. The van der Waals surface area contributed by atoms with E-state index in [9.17, 15) is 27.9 Å². The molecular formula is C32H46F3N3O5. The van der Waals surface area contributed by atoms with Crippen molar-refractivity contribution in [2.24, 2.45) is 5.92 Å². The third-order valence-corrected chi connectivity index (χ3v) is 10.4. The van der Waals surface area contributed by atoms with Crippen molar-refractivity contribution in [3.05, 3.63) is 29.3 Å². The summed E-state index contributed by atoms with van der Waals surface area (Å²) in [6.45, 7) is 2.79. The maximum absolute atomic E-state index is 14.3. The van der Waals surface area contributed by atoms with Gasteiger partial charge in [0.25, 0.3) is 5.91 Å². The van der Waals surface area contributed by atoms with E-state index < -0.39 is 29.2 Å². The largest absolute Gasteiger partial charge is 0.481 e. The van der Waals surface area contributed by atoms with Crippen molar-refractivity contribution >= 4 is 17.6 Å². The van der Waals surface area contributed by atoms with Gasteiger partial charge in [0.1, 0.15) is 0 Å². The maximum Gasteiger partial charge on any atom is 0.416 e. The number of amides is 1. The molecule has 3 atom stereocenters. The molecule has 0 aromatic heterocycles. The Labute approximate surface area is 252 Å². The Morgan fingerprint density at radius 3 is 2.33 bits per heavy atom. The number of ether oxygens (including phenoxy) is 2. The number of carbonyl (C=O) groups excluding carboxylic acids is 1. The minimum atomic E-state index is -4.50. The molecule has 1 amide bonds. The van der Waals surface area contributed by atoms with Crippen LogP contribution < -0.4 is 4.90 Å². The molecule has 5 rings (SSSR count). The molecule has 1 saturated carbocycles. The second-order valence-electron chi connectivity index (χ2n) is 12.9. The van der Waals surface area contributed by atoms with Gasteiger partial charge in [0, 0.05) is 64.6 Å². The third kappa shape index (κ3) is 6.83. The van der Waals surface area contributed by atoms with Crippen LogP contribution in [-0.4, -0.2) is 98.0 Å². The third-order valence-electron chi connectivity index (χ3n) is 10.4. The van der Waals surface area contributed by atoms with Crippen LogP contribution in [-0.2, 0) is 25.2 Å². The number of hydrogen-bond donors (Lipinski definition) is 1. The van der Waals surface area contributed by atoms with Crippen LogP contribution in [0.3, 0.4) is 0 Å². The molecule has 1 aromatic carbocycles. The van der Waals surface area contributed by atoms with Crippen molar-refractivity contribution in [1.82, 2.24) is 9.80 Å². The number of piperidine rings is 1. The predicted octanol–water partition coefficient (Wildman–Crippen LogP) is 5.15. The first-order valence-corrected chi connectivity index (χ1v) is 15.8. The molecule has 1 aliphatic carbocycles. The van der Waals surface area contributed by atoms with Crippen LogP contribution in [0.15, 0.2) is 18.2 Å². The molecular weight excluding hydrogens is 563 g/mol. The van der Waals surface area contributed by atoms with Gasteiger partial charge < -0.3 is 24.4 Å². The lowest BCUT2D eigenvalue weighted by molar-refractivity contribution is -0.155. The topological polar surface area (TPSA) is 82.5 Å². The average molecular weight is 610 g/mol. The minimum absolute atomic E-state index is 0.0635.